The van der Waals surface area contributed by atoms with E-state index in [9.17, 15) is 4.39 Å². The molecule has 4 heteroatoms. The van der Waals surface area contributed by atoms with Crippen molar-refractivity contribution in [1.82, 2.24) is 4.98 Å². The summed E-state index contributed by atoms with van der Waals surface area (Å²) in [6.07, 6.45) is 4.01. The Morgan fingerprint density at radius 1 is 0.955 bits per heavy atom. The molecule has 1 heterocycles. The summed E-state index contributed by atoms with van der Waals surface area (Å²) < 4.78 is 15.1. The normalized spacial score (nSPS) is 10.1. The highest BCUT2D eigenvalue weighted by Crippen LogP contribution is 2.16. The average molecular weight is 359 g/mol. The van der Waals surface area contributed by atoms with E-state index in [4.69, 9.17) is 0 Å². The Bertz CT molecular complexity index is 743. The van der Waals surface area contributed by atoms with Gasteiger partial charge in [0.25, 0.3) is 0 Å². The quantitative estimate of drug-likeness (QED) is 0.624. The number of hydrogen-bond acceptors (Lipinski definition) is 1. The molecular weight excluding hydrogens is 343 g/mol. The minimum Gasteiger partial charge on any atom is -1.00 e. The Labute approximate surface area is 140 Å². The maximum Gasteiger partial charge on any atom is 0.195 e. The first-order valence-corrected chi connectivity index (χ1v) is 6.88. The molecule has 0 fully saturated rings. The van der Waals surface area contributed by atoms with Crippen LogP contribution in [0.15, 0.2) is 67.0 Å². The number of aryl methyl sites for hydroxylation is 1. The summed E-state index contributed by atoms with van der Waals surface area (Å²) in [5.74, 6) is -0.233. The van der Waals surface area contributed by atoms with E-state index in [0.29, 0.717) is 0 Å². The van der Waals surface area contributed by atoms with Crippen molar-refractivity contribution < 1.29 is 25.9 Å². The Hall–Kier alpha value is -2.07. The molecular formula is C18H16BrFN2. The maximum atomic E-state index is 13.0. The summed E-state index contributed by atoms with van der Waals surface area (Å²) >= 11 is 0. The second-order valence-electron chi connectivity index (χ2n) is 5.06. The second kappa shape index (κ2) is 7.27. The van der Waals surface area contributed by atoms with Crippen LogP contribution in [0.1, 0.15) is 11.3 Å². The van der Waals surface area contributed by atoms with Crippen LogP contribution in [-0.4, -0.2) is 4.98 Å². The summed E-state index contributed by atoms with van der Waals surface area (Å²) in [7, 11) is 0. The van der Waals surface area contributed by atoms with E-state index < -0.39 is 0 Å². The molecule has 3 aromatic rings. The zero-order valence-electron chi connectivity index (χ0n) is 12.2. The lowest BCUT2D eigenvalue weighted by molar-refractivity contribution is -0.688. The van der Waals surface area contributed by atoms with E-state index in [0.717, 1.165) is 23.5 Å². The smallest absolute Gasteiger partial charge is 0.195 e. The van der Waals surface area contributed by atoms with Gasteiger partial charge in [-0.25, -0.2) is 9.37 Å². The number of aromatic nitrogens is 2. The average Bonchev–Trinajstić information content (AvgIpc) is 2.48. The molecule has 0 bridgehead atoms. The van der Waals surface area contributed by atoms with Gasteiger partial charge in [0.15, 0.2) is 18.9 Å². The van der Waals surface area contributed by atoms with E-state index in [1.54, 1.807) is 12.1 Å². The summed E-state index contributed by atoms with van der Waals surface area (Å²) in [6, 6.07) is 16.7. The van der Waals surface area contributed by atoms with Crippen LogP contribution in [-0.2, 0) is 6.54 Å². The molecule has 0 spiro atoms. The van der Waals surface area contributed by atoms with Crippen molar-refractivity contribution in [3.8, 4) is 11.3 Å². The number of halogens is 2. The minimum absolute atomic E-state index is 0. The number of hydrogen-bond donors (Lipinski definition) is 0. The van der Waals surface area contributed by atoms with Crippen molar-refractivity contribution >= 4 is 0 Å². The summed E-state index contributed by atoms with van der Waals surface area (Å²) in [5, 5.41) is 0. The van der Waals surface area contributed by atoms with E-state index in [2.05, 4.69) is 21.7 Å². The van der Waals surface area contributed by atoms with Crippen molar-refractivity contribution in [2.75, 3.05) is 0 Å². The molecule has 0 saturated carbocycles. The van der Waals surface area contributed by atoms with Gasteiger partial charge in [0, 0.05) is 11.1 Å². The molecule has 0 aliphatic carbocycles. The predicted octanol–water partition coefficient (Wildman–Crippen LogP) is 0.536. The lowest BCUT2D eigenvalue weighted by Crippen LogP contribution is -3.00. The largest absolute Gasteiger partial charge is 1.00 e. The van der Waals surface area contributed by atoms with Crippen molar-refractivity contribution in [3.63, 3.8) is 0 Å². The van der Waals surface area contributed by atoms with Gasteiger partial charge in [-0.1, -0.05) is 30.3 Å². The predicted molar refractivity (Wildman–Crippen MR) is 80.1 cm³/mol. The van der Waals surface area contributed by atoms with E-state index >= 15 is 0 Å². The van der Waals surface area contributed by atoms with Gasteiger partial charge in [0.05, 0.1) is 0 Å². The molecule has 2 nitrogen and oxygen atoms in total. The fourth-order valence-corrected chi connectivity index (χ4v) is 2.33. The topological polar surface area (TPSA) is 16.8 Å². The van der Waals surface area contributed by atoms with Gasteiger partial charge >= 0.3 is 0 Å². The van der Waals surface area contributed by atoms with Crippen LogP contribution in [0.25, 0.3) is 11.3 Å². The zero-order valence-corrected chi connectivity index (χ0v) is 13.8. The van der Waals surface area contributed by atoms with Crippen molar-refractivity contribution in [3.05, 3.63) is 84.1 Å². The summed E-state index contributed by atoms with van der Waals surface area (Å²) in [6.45, 7) is 2.76. The minimum atomic E-state index is -0.233. The van der Waals surface area contributed by atoms with Crippen molar-refractivity contribution in [1.29, 1.82) is 0 Å². The lowest BCUT2D eigenvalue weighted by atomic mass is 10.1. The van der Waals surface area contributed by atoms with Crippen LogP contribution in [0.3, 0.4) is 0 Å². The van der Waals surface area contributed by atoms with Gasteiger partial charge in [-0.05, 0) is 31.2 Å². The highest BCUT2D eigenvalue weighted by Gasteiger charge is 2.10. The van der Waals surface area contributed by atoms with Crippen LogP contribution in [0.2, 0.25) is 0 Å². The first kappa shape index (κ1) is 16.3. The van der Waals surface area contributed by atoms with Gasteiger partial charge in [-0.2, -0.15) is 4.57 Å². The molecule has 0 saturated heterocycles. The Morgan fingerprint density at radius 2 is 1.64 bits per heavy atom. The molecule has 0 unspecified atom stereocenters. The molecule has 1 aromatic heterocycles. The number of nitrogens with zero attached hydrogens (tertiary/aromatic N) is 2. The summed E-state index contributed by atoms with van der Waals surface area (Å²) in [4.78, 5) is 4.53. The Morgan fingerprint density at radius 3 is 2.32 bits per heavy atom. The molecule has 0 atom stereocenters. The lowest BCUT2D eigenvalue weighted by Gasteiger charge is -2.03. The van der Waals surface area contributed by atoms with Crippen LogP contribution in [0.5, 0.6) is 0 Å². The summed E-state index contributed by atoms with van der Waals surface area (Å²) in [5.41, 5.74) is 3.94. The standard InChI is InChI=1S/C18H16FN2.BrH/c1-14-11-21(12-15-5-3-2-4-6-15)13-18(20-14)16-7-9-17(19)10-8-16;/h2-11,13H,12H2,1H3;1H/q+1;/p-1. The first-order chi connectivity index (χ1) is 10.2. The van der Waals surface area contributed by atoms with Gasteiger partial charge in [-0.15, -0.1) is 0 Å². The third-order valence-corrected chi connectivity index (χ3v) is 3.29. The zero-order chi connectivity index (χ0) is 14.7. The van der Waals surface area contributed by atoms with Crippen LogP contribution >= 0.6 is 0 Å². The Balaban J connectivity index is 0.00000176. The number of rotatable bonds is 3. The van der Waals surface area contributed by atoms with Gasteiger partial charge in [0.2, 0.25) is 0 Å². The maximum absolute atomic E-state index is 13.0. The fraction of sp³-hybridized carbons (Fsp3) is 0.111. The molecule has 0 aliphatic heterocycles. The third-order valence-electron chi connectivity index (χ3n) is 3.29. The Kier molecular flexibility index (Phi) is 5.39. The van der Waals surface area contributed by atoms with Crippen molar-refractivity contribution in [2.45, 2.75) is 13.5 Å². The van der Waals surface area contributed by atoms with Crippen LogP contribution in [0, 0.1) is 12.7 Å². The van der Waals surface area contributed by atoms with E-state index in [1.165, 1.54) is 17.7 Å². The van der Waals surface area contributed by atoms with Crippen molar-refractivity contribution in [2.24, 2.45) is 0 Å². The van der Waals surface area contributed by atoms with Crippen LogP contribution in [0.4, 0.5) is 4.39 Å². The van der Waals surface area contributed by atoms with E-state index in [1.807, 2.05) is 37.5 Å². The third kappa shape index (κ3) is 3.98. The molecule has 3 rings (SSSR count). The highest BCUT2D eigenvalue weighted by atomic mass is 79.9. The molecule has 0 radical (unpaired) electrons. The fourth-order valence-electron chi connectivity index (χ4n) is 2.33. The van der Waals surface area contributed by atoms with Gasteiger partial charge in [-0.3, -0.25) is 0 Å². The monoisotopic (exact) mass is 358 g/mol. The number of benzene rings is 2. The molecule has 0 N–H and O–H groups in total. The van der Waals surface area contributed by atoms with Crippen LogP contribution < -0.4 is 21.5 Å². The first-order valence-electron chi connectivity index (χ1n) is 6.88. The molecule has 22 heavy (non-hydrogen) atoms. The SMILES string of the molecule is Cc1c[n+](Cc2ccccc2)cc(-c2ccc(F)cc2)n1.[Br-]. The molecule has 0 amide bonds. The second-order valence-corrected chi connectivity index (χ2v) is 5.06. The van der Waals surface area contributed by atoms with Gasteiger partial charge < -0.3 is 17.0 Å². The van der Waals surface area contributed by atoms with E-state index in [-0.39, 0.29) is 22.8 Å². The molecule has 112 valence electrons. The molecule has 2 aromatic carbocycles. The molecule has 0 aliphatic rings. The highest BCUT2D eigenvalue weighted by molar-refractivity contribution is 5.57. The van der Waals surface area contributed by atoms with Gasteiger partial charge in [0.1, 0.15) is 17.2 Å².